The Morgan fingerprint density at radius 2 is 2.29 bits per heavy atom. The summed E-state index contributed by atoms with van der Waals surface area (Å²) in [5, 5.41) is 0.585. The van der Waals surface area contributed by atoms with Gasteiger partial charge < -0.3 is 15.4 Å². The van der Waals surface area contributed by atoms with Gasteiger partial charge in [-0.1, -0.05) is 18.5 Å². The van der Waals surface area contributed by atoms with Crippen molar-refractivity contribution in [3.8, 4) is 0 Å². The van der Waals surface area contributed by atoms with E-state index in [1.54, 1.807) is 19.4 Å². The molecule has 0 bridgehead atoms. The molecule has 1 rings (SSSR count). The summed E-state index contributed by atoms with van der Waals surface area (Å²) < 4.78 is 5.11. The van der Waals surface area contributed by atoms with Gasteiger partial charge in [-0.2, -0.15) is 0 Å². The number of nitrogens with zero attached hydrogens (tertiary/aromatic N) is 2. The molecule has 0 aliphatic carbocycles. The van der Waals surface area contributed by atoms with Crippen LogP contribution in [-0.2, 0) is 4.74 Å². The van der Waals surface area contributed by atoms with Gasteiger partial charge in [0, 0.05) is 19.7 Å². The standard InChI is InChI=1S/C12H20ClN3O/c1-4-9(2)16(5-6-17-3)12-11(13)7-10(14)8-15-12/h7-9H,4-6,14H2,1-3H3. The molecule has 0 saturated carbocycles. The fourth-order valence-corrected chi connectivity index (χ4v) is 1.89. The summed E-state index contributed by atoms with van der Waals surface area (Å²) in [6, 6.07) is 2.09. The van der Waals surface area contributed by atoms with Gasteiger partial charge in [-0.3, -0.25) is 0 Å². The minimum atomic E-state index is 0.360. The van der Waals surface area contributed by atoms with Crippen LogP contribution >= 0.6 is 11.6 Å². The number of pyridine rings is 1. The average molecular weight is 258 g/mol. The number of halogens is 1. The van der Waals surface area contributed by atoms with Gasteiger partial charge in [0.25, 0.3) is 0 Å². The van der Waals surface area contributed by atoms with Crippen LogP contribution in [0.2, 0.25) is 5.02 Å². The van der Waals surface area contributed by atoms with Gasteiger partial charge in [0.1, 0.15) is 5.82 Å². The van der Waals surface area contributed by atoms with Crippen molar-refractivity contribution in [3.05, 3.63) is 17.3 Å². The second-order valence-corrected chi connectivity index (χ2v) is 4.42. The van der Waals surface area contributed by atoms with Crippen molar-refractivity contribution < 1.29 is 4.74 Å². The number of hydrogen-bond donors (Lipinski definition) is 1. The number of nitrogens with two attached hydrogens (primary N) is 1. The molecule has 0 aliphatic heterocycles. The largest absolute Gasteiger partial charge is 0.397 e. The van der Waals surface area contributed by atoms with E-state index in [2.05, 4.69) is 23.7 Å². The Kier molecular flexibility index (Phi) is 5.51. The molecule has 0 fully saturated rings. The highest BCUT2D eigenvalue weighted by atomic mass is 35.5. The van der Waals surface area contributed by atoms with E-state index >= 15 is 0 Å². The van der Waals surface area contributed by atoms with Gasteiger partial charge in [-0.15, -0.1) is 0 Å². The number of nitrogen functional groups attached to an aromatic ring is 1. The molecular formula is C12H20ClN3O. The van der Waals surface area contributed by atoms with E-state index in [1.165, 1.54) is 0 Å². The number of ether oxygens (including phenoxy) is 1. The molecule has 0 radical (unpaired) electrons. The third kappa shape index (κ3) is 3.75. The maximum absolute atomic E-state index is 6.18. The Labute approximate surface area is 108 Å². The predicted molar refractivity (Wildman–Crippen MR) is 72.6 cm³/mol. The first kappa shape index (κ1) is 14.1. The zero-order chi connectivity index (χ0) is 12.8. The number of rotatable bonds is 6. The van der Waals surface area contributed by atoms with Crippen molar-refractivity contribution in [2.24, 2.45) is 0 Å². The van der Waals surface area contributed by atoms with Crippen LogP contribution in [0.15, 0.2) is 12.3 Å². The van der Waals surface area contributed by atoms with Crippen LogP contribution < -0.4 is 10.6 Å². The summed E-state index contributed by atoms with van der Waals surface area (Å²) in [7, 11) is 1.69. The molecule has 2 N–H and O–H groups in total. The van der Waals surface area contributed by atoms with Crippen LogP contribution in [0.3, 0.4) is 0 Å². The molecule has 1 atom stereocenters. The Morgan fingerprint density at radius 3 is 2.82 bits per heavy atom. The van der Waals surface area contributed by atoms with Gasteiger partial charge in [0.15, 0.2) is 0 Å². The highest BCUT2D eigenvalue weighted by Gasteiger charge is 2.17. The first-order chi connectivity index (χ1) is 8.10. The van der Waals surface area contributed by atoms with E-state index in [1.807, 2.05) is 0 Å². The normalized spacial score (nSPS) is 12.5. The molecule has 0 spiro atoms. The predicted octanol–water partition coefficient (Wildman–Crippen LogP) is 2.57. The van der Waals surface area contributed by atoms with Gasteiger partial charge in [-0.25, -0.2) is 4.98 Å². The Morgan fingerprint density at radius 1 is 1.59 bits per heavy atom. The van der Waals surface area contributed by atoms with Crippen LogP contribution in [0.4, 0.5) is 11.5 Å². The third-order valence-corrected chi connectivity index (χ3v) is 3.05. The Balaban J connectivity index is 2.95. The van der Waals surface area contributed by atoms with Crippen molar-refractivity contribution in [2.45, 2.75) is 26.3 Å². The van der Waals surface area contributed by atoms with Gasteiger partial charge in [0.05, 0.1) is 23.5 Å². The lowest BCUT2D eigenvalue weighted by Crippen LogP contribution is -2.36. The molecule has 5 heteroatoms. The van der Waals surface area contributed by atoms with Crippen LogP contribution in [0.25, 0.3) is 0 Å². The first-order valence-electron chi connectivity index (χ1n) is 5.76. The molecule has 1 aromatic rings. The minimum Gasteiger partial charge on any atom is -0.397 e. The monoisotopic (exact) mass is 257 g/mol. The summed E-state index contributed by atoms with van der Waals surface area (Å²) in [5.74, 6) is 0.771. The molecule has 4 nitrogen and oxygen atoms in total. The lowest BCUT2D eigenvalue weighted by molar-refractivity contribution is 0.203. The minimum absolute atomic E-state index is 0.360. The van der Waals surface area contributed by atoms with Gasteiger partial charge in [-0.05, 0) is 19.4 Å². The van der Waals surface area contributed by atoms with Crippen LogP contribution in [0, 0.1) is 0 Å². The maximum atomic E-state index is 6.18. The van der Waals surface area contributed by atoms with E-state index < -0.39 is 0 Å². The van der Waals surface area contributed by atoms with Crippen molar-refractivity contribution in [2.75, 3.05) is 30.9 Å². The van der Waals surface area contributed by atoms with Crippen molar-refractivity contribution in [3.63, 3.8) is 0 Å². The molecule has 1 aromatic heterocycles. The quantitative estimate of drug-likeness (QED) is 0.851. The van der Waals surface area contributed by atoms with Crippen molar-refractivity contribution in [1.29, 1.82) is 0 Å². The fourth-order valence-electron chi connectivity index (χ4n) is 1.60. The first-order valence-corrected chi connectivity index (χ1v) is 6.14. The van der Waals surface area contributed by atoms with Crippen LogP contribution in [-0.4, -0.2) is 31.3 Å². The molecule has 1 heterocycles. The van der Waals surface area contributed by atoms with E-state index in [0.29, 0.717) is 23.4 Å². The Bertz CT molecular complexity index is 360. The smallest absolute Gasteiger partial charge is 0.147 e. The SMILES string of the molecule is CCC(C)N(CCOC)c1ncc(N)cc1Cl. The lowest BCUT2D eigenvalue weighted by Gasteiger charge is -2.30. The molecule has 0 aliphatic rings. The van der Waals surface area contributed by atoms with E-state index in [9.17, 15) is 0 Å². The zero-order valence-electron chi connectivity index (χ0n) is 10.6. The number of hydrogen-bond acceptors (Lipinski definition) is 4. The molecule has 0 amide bonds. The molecule has 17 heavy (non-hydrogen) atoms. The fraction of sp³-hybridized carbons (Fsp3) is 0.583. The van der Waals surface area contributed by atoms with E-state index in [4.69, 9.17) is 22.1 Å². The lowest BCUT2D eigenvalue weighted by atomic mass is 10.2. The summed E-state index contributed by atoms with van der Waals surface area (Å²) in [6.45, 7) is 5.69. The maximum Gasteiger partial charge on any atom is 0.147 e. The van der Waals surface area contributed by atoms with Crippen LogP contribution in [0.5, 0.6) is 0 Å². The third-order valence-electron chi connectivity index (χ3n) is 2.77. The summed E-state index contributed by atoms with van der Waals surface area (Å²) >= 11 is 6.18. The zero-order valence-corrected chi connectivity index (χ0v) is 11.4. The number of methoxy groups -OCH3 is 1. The van der Waals surface area contributed by atoms with Crippen molar-refractivity contribution >= 4 is 23.1 Å². The van der Waals surface area contributed by atoms with Gasteiger partial charge in [0.2, 0.25) is 0 Å². The molecule has 0 saturated heterocycles. The second kappa shape index (κ2) is 6.67. The van der Waals surface area contributed by atoms with Crippen LogP contribution in [0.1, 0.15) is 20.3 Å². The van der Waals surface area contributed by atoms with Crippen molar-refractivity contribution in [1.82, 2.24) is 4.98 Å². The molecule has 0 aromatic carbocycles. The highest BCUT2D eigenvalue weighted by molar-refractivity contribution is 6.33. The van der Waals surface area contributed by atoms with Gasteiger partial charge >= 0.3 is 0 Å². The molecule has 1 unspecified atom stereocenters. The summed E-state index contributed by atoms with van der Waals surface area (Å²) in [5.41, 5.74) is 6.22. The topological polar surface area (TPSA) is 51.4 Å². The van der Waals surface area contributed by atoms with E-state index in [-0.39, 0.29) is 0 Å². The molecule has 96 valence electrons. The highest BCUT2D eigenvalue weighted by Crippen LogP contribution is 2.26. The average Bonchev–Trinajstić information content (AvgIpc) is 2.31. The number of aromatic nitrogens is 1. The summed E-state index contributed by atoms with van der Waals surface area (Å²) in [4.78, 5) is 6.46. The van der Waals surface area contributed by atoms with E-state index in [0.717, 1.165) is 18.8 Å². The Hall–Kier alpha value is -1.00. The summed E-state index contributed by atoms with van der Waals surface area (Å²) in [6.07, 6.45) is 2.65. The second-order valence-electron chi connectivity index (χ2n) is 4.02. The number of anilines is 2. The molecular weight excluding hydrogens is 238 g/mol.